The van der Waals surface area contributed by atoms with Crippen molar-refractivity contribution in [1.29, 1.82) is 0 Å². The molecule has 19 heavy (non-hydrogen) atoms. The number of phenolic OH excluding ortho intramolecular Hbond substituents is 1. The van der Waals surface area contributed by atoms with Crippen LogP contribution in [0.4, 0.5) is 0 Å². The van der Waals surface area contributed by atoms with Crippen LogP contribution in [0, 0.1) is 0 Å². The van der Waals surface area contributed by atoms with E-state index in [2.05, 4.69) is 29.1 Å². The van der Waals surface area contributed by atoms with Crippen LogP contribution in [0.2, 0.25) is 0 Å². The highest BCUT2D eigenvalue weighted by molar-refractivity contribution is 7.16. The molecule has 0 radical (unpaired) electrons. The molecule has 1 N–H and O–H groups in total. The summed E-state index contributed by atoms with van der Waals surface area (Å²) >= 11 is 1.55. The third kappa shape index (κ3) is 2.31. The van der Waals surface area contributed by atoms with Gasteiger partial charge in [0, 0.05) is 12.3 Å². The van der Waals surface area contributed by atoms with E-state index in [0.29, 0.717) is 5.92 Å². The Balaban J connectivity index is 1.91. The molecule has 3 rings (SSSR count). The minimum atomic E-state index is 0.281. The maximum absolute atomic E-state index is 9.27. The van der Waals surface area contributed by atoms with Gasteiger partial charge in [0.2, 0.25) is 4.96 Å². The number of phenols is 1. The molecular formula is C13H14N4OS. The first-order valence-corrected chi connectivity index (χ1v) is 6.94. The Morgan fingerprint density at radius 3 is 2.63 bits per heavy atom. The third-order valence-electron chi connectivity index (χ3n) is 2.86. The van der Waals surface area contributed by atoms with Gasteiger partial charge in [0.05, 0.1) is 0 Å². The van der Waals surface area contributed by atoms with E-state index in [-0.39, 0.29) is 5.75 Å². The zero-order valence-electron chi connectivity index (χ0n) is 10.7. The van der Waals surface area contributed by atoms with Crippen molar-refractivity contribution in [3.8, 4) is 5.75 Å². The minimum Gasteiger partial charge on any atom is -0.508 e. The Morgan fingerprint density at radius 1 is 1.21 bits per heavy atom. The van der Waals surface area contributed by atoms with Gasteiger partial charge < -0.3 is 5.11 Å². The second-order valence-electron chi connectivity index (χ2n) is 4.75. The van der Waals surface area contributed by atoms with E-state index in [4.69, 9.17) is 0 Å². The number of fused-ring (bicyclic) bond motifs is 1. The molecule has 0 saturated carbocycles. The second kappa shape index (κ2) is 4.62. The number of nitrogens with zero attached hydrogens (tertiary/aromatic N) is 4. The summed E-state index contributed by atoms with van der Waals surface area (Å²) in [6.07, 6.45) is 0.742. The van der Waals surface area contributed by atoms with Crippen molar-refractivity contribution in [2.75, 3.05) is 0 Å². The first kappa shape index (κ1) is 12.1. The summed E-state index contributed by atoms with van der Waals surface area (Å²) in [4.78, 5) is 0.831. The molecule has 3 aromatic rings. The van der Waals surface area contributed by atoms with Crippen molar-refractivity contribution in [3.63, 3.8) is 0 Å². The molecule has 0 atom stereocenters. The Labute approximate surface area is 114 Å². The Hall–Kier alpha value is -1.95. The first-order valence-electron chi connectivity index (χ1n) is 6.12. The molecule has 0 amide bonds. The van der Waals surface area contributed by atoms with Gasteiger partial charge in [-0.2, -0.15) is 9.61 Å². The van der Waals surface area contributed by atoms with Crippen LogP contribution in [-0.2, 0) is 6.42 Å². The lowest BCUT2D eigenvalue weighted by atomic mass is 10.1. The molecule has 0 aliphatic carbocycles. The monoisotopic (exact) mass is 274 g/mol. The normalized spacial score (nSPS) is 11.5. The van der Waals surface area contributed by atoms with Crippen LogP contribution in [0.3, 0.4) is 0 Å². The molecule has 6 heteroatoms. The SMILES string of the molecule is CC(C)c1nnc2sc(Cc3ccc(O)cc3)nn12. The topological polar surface area (TPSA) is 63.3 Å². The van der Waals surface area contributed by atoms with Gasteiger partial charge >= 0.3 is 0 Å². The Kier molecular flexibility index (Phi) is 2.94. The van der Waals surface area contributed by atoms with Gasteiger partial charge in [0.1, 0.15) is 10.8 Å². The van der Waals surface area contributed by atoms with Crippen molar-refractivity contribution in [2.45, 2.75) is 26.2 Å². The molecular weight excluding hydrogens is 260 g/mol. The molecule has 0 bridgehead atoms. The van der Waals surface area contributed by atoms with Crippen LogP contribution in [0.25, 0.3) is 4.96 Å². The fourth-order valence-corrected chi connectivity index (χ4v) is 2.77. The van der Waals surface area contributed by atoms with Crippen LogP contribution in [-0.4, -0.2) is 24.9 Å². The number of benzene rings is 1. The highest BCUT2D eigenvalue weighted by atomic mass is 32.1. The highest BCUT2D eigenvalue weighted by Crippen LogP contribution is 2.21. The van der Waals surface area contributed by atoms with Crippen molar-refractivity contribution in [3.05, 3.63) is 40.7 Å². The Morgan fingerprint density at radius 2 is 1.95 bits per heavy atom. The van der Waals surface area contributed by atoms with Gasteiger partial charge in [0.25, 0.3) is 0 Å². The third-order valence-corrected chi connectivity index (χ3v) is 3.76. The Bertz CT molecular complexity index is 699. The van der Waals surface area contributed by atoms with Crippen molar-refractivity contribution >= 4 is 16.3 Å². The van der Waals surface area contributed by atoms with Gasteiger partial charge in [-0.3, -0.25) is 0 Å². The number of rotatable bonds is 3. The molecule has 0 aliphatic heterocycles. The lowest BCUT2D eigenvalue weighted by Crippen LogP contribution is -1.99. The van der Waals surface area contributed by atoms with E-state index in [1.807, 2.05) is 16.6 Å². The lowest BCUT2D eigenvalue weighted by Gasteiger charge is -1.99. The van der Waals surface area contributed by atoms with Crippen LogP contribution in [0.1, 0.15) is 36.2 Å². The second-order valence-corrected chi connectivity index (χ2v) is 5.79. The molecule has 0 saturated heterocycles. The quantitative estimate of drug-likeness (QED) is 0.797. The lowest BCUT2D eigenvalue weighted by molar-refractivity contribution is 0.475. The maximum Gasteiger partial charge on any atom is 0.234 e. The van der Waals surface area contributed by atoms with Crippen molar-refractivity contribution < 1.29 is 5.11 Å². The summed E-state index contributed by atoms with van der Waals surface area (Å²) in [7, 11) is 0. The van der Waals surface area contributed by atoms with Crippen LogP contribution >= 0.6 is 11.3 Å². The standard InChI is InChI=1S/C13H14N4OS/c1-8(2)12-14-15-13-17(12)16-11(19-13)7-9-3-5-10(18)6-4-9/h3-6,8,18H,7H2,1-2H3. The van der Waals surface area contributed by atoms with E-state index in [1.165, 1.54) is 0 Å². The van der Waals surface area contributed by atoms with Crippen molar-refractivity contribution in [1.82, 2.24) is 19.8 Å². The van der Waals surface area contributed by atoms with Gasteiger partial charge in [-0.25, -0.2) is 0 Å². The summed E-state index contributed by atoms with van der Waals surface area (Å²) in [5.74, 6) is 1.48. The average Bonchev–Trinajstić information content (AvgIpc) is 2.91. The fraction of sp³-hybridized carbons (Fsp3) is 0.308. The average molecular weight is 274 g/mol. The van der Waals surface area contributed by atoms with Gasteiger partial charge in [0.15, 0.2) is 5.82 Å². The summed E-state index contributed by atoms with van der Waals surface area (Å²) in [5, 5.41) is 23.1. The first-order chi connectivity index (χ1) is 9.13. The van der Waals surface area contributed by atoms with E-state index >= 15 is 0 Å². The summed E-state index contributed by atoms with van der Waals surface area (Å²) in [5.41, 5.74) is 1.12. The summed E-state index contributed by atoms with van der Waals surface area (Å²) < 4.78 is 1.82. The fourth-order valence-electron chi connectivity index (χ4n) is 1.89. The minimum absolute atomic E-state index is 0.281. The molecule has 5 nitrogen and oxygen atoms in total. The maximum atomic E-state index is 9.27. The molecule has 98 valence electrons. The molecule has 0 spiro atoms. The highest BCUT2D eigenvalue weighted by Gasteiger charge is 2.14. The summed E-state index contributed by atoms with van der Waals surface area (Å²) in [6, 6.07) is 7.19. The van der Waals surface area contributed by atoms with Gasteiger partial charge in [-0.15, -0.1) is 10.2 Å². The number of hydrogen-bond donors (Lipinski definition) is 1. The zero-order valence-corrected chi connectivity index (χ0v) is 11.6. The van der Waals surface area contributed by atoms with E-state index in [0.717, 1.165) is 27.8 Å². The molecule has 1 aromatic carbocycles. The van der Waals surface area contributed by atoms with E-state index < -0.39 is 0 Å². The smallest absolute Gasteiger partial charge is 0.234 e. The van der Waals surface area contributed by atoms with Crippen LogP contribution in [0.15, 0.2) is 24.3 Å². The molecule has 2 aromatic heterocycles. The molecule has 0 aliphatic rings. The number of aromatic nitrogens is 4. The molecule has 0 fully saturated rings. The van der Waals surface area contributed by atoms with E-state index in [9.17, 15) is 5.11 Å². The molecule has 0 unspecified atom stereocenters. The van der Waals surface area contributed by atoms with E-state index in [1.54, 1.807) is 23.5 Å². The van der Waals surface area contributed by atoms with Gasteiger partial charge in [-0.05, 0) is 17.7 Å². The number of hydrogen-bond acceptors (Lipinski definition) is 5. The predicted octanol–water partition coefficient (Wildman–Crippen LogP) is 2.61. The zero-order chi connectivity index (χ0) is 13.4. The van der Waals surface area contributed by atoms with Crippen LogP contribution < -0.4 is 0 Å². The molecule has 2 heterocycles. The van der Waals surface area contributed by atoms with Crippen LogP contribution in [0.5, 0.6) is 5.75 Å². The predicted molar refractivity (Wildman–Crippen MR) is 73.7 cm³/mol. The largest absolute Gasteiger partial charge is 0.508 e. The summed E-state index contributed by atoms with van der Waals surface area (Å²) in [6.45, 7) is 4.16. The van der Waals surface area contributed by atoms with Gasteiger partial charge in [-0.1, -0.05) is 37.3 Å². The van der Waals surface area contributed by atoms with Crippen molar-refractivity contribution in [2.24, 2.45) is 0 Å². The number of aromatic hydroxyl groups is 1.